The molecule has 7 nitrogen and oxygen atoms in total. The number of ether oxygens (including phenoxy) is 1. The quantitative estimate of drug-likeness (QED) is 0.595. The minimum atomic E-state index is -0.600. The van der Waals surface area contributed by atoms with Gasteiger partial charge in [0.1, 0.15) is 5.82 Å². The molecule has 2 aromatic carbocycles. The Morgan fingerprint density at radius 2 is 1.97 bits per heavy atom. The fourth-order valence-electron chi connectivity index (χ4n) is 4.77. The molecule has 164 valence electrons. The Hall–Kier alpha value is -3.48. The molecule has 1 atom stereocenters. The number of anilines is 1. The number of fused-ring (bicyclic) bond motifs is 3. The summed E-state index contributed by atoms with van der Waals surface area (Å²) in [6.45, 7) is 2.33. The second kappa shape index (κ2) is 8.22. The van der Waals surface area contributed by atoms with Gasteiger partial charge in [-0.25, -0.2) is 9.78 Å². The van der Waals surface area contributed by atoms with Gasteiger partial charge in [0.25, 0.3) is 11.5 Å². The number of rotatable bonds is 3. The summed E-state index contributed by atoms with van der Waals surface area (Å²) in [7, 11) is 0. The van der Waals surface area contributed by atoms with Gasteiger partial charge in [-0.2, -0.15) is 0 Å². The highest BCUT2D eigenvalue weighted by atomic mass is 16.5. The molecule has 0 aliphatic carbocycles. The van der Waals surface area contributed by atoms with Crippen LogP contribution >= 0.6 is 0 Å². The summed E-state index contributed by atoms with van der Waals surface area (Å²) in [6, 6.07) is 12.6. The van der Waals surface area contributed by atoms with E-state index in [-0.39, 0.29) is 29.7 Å². The van der Waals surface area contributed by atoms with Crippen LogP contribution < -0.4 is 10.5 Å². The molecule has 3 heterocycles. The summed E-state index contributed by atoms with van der Waals surface area (Å²) in [4.78, 5) is 44.7. The van der Waals surface area contributed by atoms with Crippen molar-refractivity contribution in [3.05, 3.63) is 69.8 Å². The Bertz CT molecular complexity index is 1280. The molecular formula is C25H25N3O4. The number of esters is 1. The Labute approximate surface area is 185 Å². The maximum atomic E-state index is 12.9. The van der Waals surface area contributed by atoms with E-state index in [9.17, 15) is 14.4 Å². The van der Waals surface area contributed by atoms with Crippen LogP contribution in [-0.4, -0.2) is 34.1 Å². The maximum absolute atomic E-state index is 12.9. The van der Waals surface area contributed by atoms with Gasteiger partial charge < -0.3 is 9.64 Å². The number of carbonyl (C=O) groups is 2. The van der Waals surface area contributed by atoms with Gasteiger partial charge in [0.15, 0.2) is 6.61 Å². The van der Waals surface area contributed by atoms with Crippen LogP contribution in [0.4, 0.5) is 5.69 Å². The van der Waals surface area contributed by atoms with Crippen molar-refractivity contribution in [3.63, 3.8) is 0 Å². The zero-order valence-corrected chi connectivity index (χ0v) is 18.0. The smallest absolute Gasteiger partial charge is 0.338 e. The van der Waals surface area contributed by atoms with Gasteiger partial charge in [0.05, 0.1) is 16.5 Å². The van der Waals surface area contributed by atoms with E-state index >= 15 is 0 Å². The van der Waals surface area contributed by atoms with Crippen molar-refractivity contribution >= 4 is 28.5 Å². The number of amides is 1. The second-order valence-electron chi connectivity index (χ2n) is 8.55. The number of benzene rings is 2. The van der Waals surface area contributed by atoms with E-state index in [2.05, 4.69) is 4.98 Å². The number of para-hydroxylation sites is 1. The van der Waals surface area contributed by atoms with Crippen molar-refractivity contribution in [2.24, 2.45) is 0 Å². The highest BCUT2D eigenvalue weighted by Crippen LogP contribution is 2.31. The lowest BCUT2D eigenvalue weighted by Crippen LogP contribution is -2.38. The zero-order valence-electron chi connectivity index (χ0n) is 18.0. The average molecular weight is 431 g/mol. The Morgan fingerprint density at radius 1 is 1.12 bits per heavy atom. The third-order valence-electron chi connectivity index (χ3n) is 6.35. The van der Waals surface area contributed by atoms with Crippen molar-refractivity contribution < 1.29 is 14.3 Å². The van der Waals surface area contributed by atoms with Gasteiger partial charge in [0.2, 0.25) is 0 Å². The first-order valence-electron chi connectivity index (χ1n) is 11.1. The molecule has 1 unspecified atom stereocenters. The molecule has 0 spiro atoms. The first-order valence-corrected chi connectivity index (χ1v) is 11.1. The molecule has 0 saturated heterocycles. The van der Waals surface area contributed by atoms with Gasteiger partial charge in [0, 0.05) is 24.7 Å². The second-order valence-corrected chi connectivity index (χ2v) is 8.55. The van der Waals surface area contributed by atoms with Crippen LogP contribution in [0.3, 0.4) is 0 Å². The molecule has 32 heavy (non-hydrogen) atoms. The van der Waals surface area contributed by atoms with Crippen LogP contribution in [0.5, 0.6) is 0 Å². The highest BCUT2D eigenvalue weighted by molar-refractivity contribution is 6.00. The van der Waals surface area contributed by atoms with Crippen LogP contribution in [-0.2, 0) is 28.9 Å². The maximum Gasteiger partial charge on any atom is 0.338 e. The van der Waals surface area contributed by atoms with Gasteiger partial charge in [-0.3, -0.25) is 14.2 Å². The molecule has 0 saturated carbocycles. The molecule has 2 aliphatic heterocycles. The van der Waals surface area contributed by atoms with Gasteiger partial charge in [-0.1, -0.05) is 24.6 Å². The SMILES string of the molecule is CC1Cc2ccccc2N1C(=O)COC(=O)c1ccc2c(=O)n3c(nc2c1)CCCCC3. The molecule has 0 fully saturated rings. The van der Waals surface area contributed by atoms with Crippen LogP contribution in [0, 0.1) is 0 Å². The number of carbonyl (C=O) groups excluding carboxylic acids is 2. The lowest BCUT2D eigenvalue weighted by molar-refractivity contribution is -0.122. The number of hydrogen-bond donors (Lipinski definition) is 0. The van der Waals surface area contributed by atoms with E-state index in [1.54, 1.807) is 27.7 Å². The van der Waals surface area contributed by atoms with Gasteiger partial charge in [-0.05, 0) is 56.0 Å². The summed E-state index contributed by atoms with van der Waals surface area (Å²) in [5.41, 5.74) is 2.70. The Morgan fingerprint density at radius 3 is 2.84 bits per heavy atom. The lowest BCUT2D eigenvalue weighted by Gasteiger charge is -2.22. The number of hydrogen-bond acceptors (Lipinski definition) is 5. The number of aromatic nitrogens is 2. The van der Waals surface area contributed by atoms with Crippen LogP contribution in [0.2, 0.25) is 0 Å². The summed E-state index contributed by atoms with van der Waals surface area (Å²) < 4.78 is 7.09. The van der Waals surface area contributed by atoms with Crippen molar-refractivity contribution in [1.82, 2.24) is 9.55 Å². The van der Waals surface area contributed by atoms with Crippen molar-refractivity contribution in [1.29, 1.82) is 0 Å². The Balaban J connectivity index is 1.34. The summed E-state index contributed by atoms with van der Waals surface area (Å²) >= 11 is 0. The lowest BCUT2D eigenvalue weighted by atomic mass is 10.1. The fourth-order valence-corrected chi connectivity index (χ4v) is 4.77. The predicted molar refractivity (Wildman–Crippen MR) is 121 cm³/mol. The largest absolute Gasteiger partial charge is 0.452 e. The van der Waals surface area contributed by atoms with Crippen molar-refractivity contribution in [2.45, 2.75) is 51.6 Å². The predicted octanol–water partition coefficient (Wildman–Crippen LogP) is 3.26. The van der Waals surface area contributed by atoms with E-state index in [1.165, 1.54) is 0 Å². The summed E-state index contributed by atoms with van der Waals surface area (Å²) in [6.07, 6.45) is 4.58. The molecule has 0 radical (unpaired) electrons. The van der Waals surface area contributed by atoms with Crippen molar-refractivity contribution in [2.75, 3.05) is 11.5 Å². The van der Waals surface area contributed by atoms with Crippen LogP contribution in [0.15, 0.2) is 47.3 Å². The van der Waals surface area contributed by atoms with Gasteiger partial charge >= 0.3 is 5.97 Å². The van der Waals surface area contributed by atoms with Crippen LogP contribution in [0.25, 0.3) is 10.9 Å². The first kappa shape index (κ1) is 20.4. The summed E-state index contributed by atoms with van der Waals surface area (Å²) in [5.74, 6) is -0.0853. The van der Waals surface area contributed by atoms with E-state index < -0.39 is 5.97 Å². The van der Waals surface area contributed by atoms with Crippen LogP contribution in [0.1, 0.15) is 47.9 Å². The molecule has 0 bridgehead atoms. The van der Waals surface area contributed by atoms with E-state index in [0.717, 1.165) is 49.2 Å². The molecule has 0 N–H and O–H groups in total. The number of nitrogens with zero attached hydrogens (tertiary/aromatic N) is 3. The molecule has 7 heteroatoms. The molecular weight excluding hydrogens is 406 g/mol. The standard InChI is InChI=1S/C25H25N3O4/c1-16-13-17-7-4-5-8-21(17)28(16)23(29)15-32-25(31)18-10-11-19-20(14-18)26-22-9-3-2-6-12-27(22)24(19)30/h4-5,7-8,10-11,14,16H,2-3,6,9,12-13,15H2,1H3. The molecule has 2 aliphatic rings. The third kappa shape index (κ3) is 3.57. The van der Waals surface area contributed by atoms with E-state index in [4.69, 9.17) is 4.74 Å². The molecule has 1 amide bonds. The monoisotopic (exact) mass is 431 g/mol. The first-order chi connectivity index (χ1) is 15.5. The molecule has 5 rings (SSSR count). The topological polar surface area (TPSA) is 81.5 Å². The zero-order chi connectivity index (χ0) is 22.2. The average Bonchev–Trinajstić information content (AvgIpc) is 2.96. The minimum absolute atomic E-state index is 0.0201. The fraction of sp³-hybridized carbons (Fsp3) is 0.360. The molecule has 1 aromatic heterocycles. The third-order valence-corrected chi connectivity index (χ3v) is 6.35. The van der Waals surface area contributed by atoms with Crippen molar-refractivity contribution in [3.8, 4) is 0 Å². The Kier molecular flexibility index (Phi) is 5.25. The van der Waals surface area contributed by atoms with Gasteiger partial charge in [-0.15, -0.1) is 0 Å². The number of aryl methyl sites for hydroxylation is 1. The normalized spacial score (nSPS) is 17.5. The highest BCUT2D eigenvalue weighted by Gasteiger charge is 2.31. The minimum Gasteiger partial charge on any atom is -0.452 e. The molecule has 3 aromatic rings. The summed E-state index contributed by atoms with van der Waals surface area (Å²) in [5, 5.41) is 0.491. The van der Waals surface area contributed by atoms with E-state index in [0.29, 0.717) is 17.4 Å². The van der Waals surface area contributed by atoms with E-state index in [1.807, 2.05) is 31.2 Å².